The van der Waals surface area contributed by atoms with Crippen LogP contribution in [0.5, 0.6) is 0 Å². The van der Waals surface area contributed by atoms with Crippen LogP contribution in [0.4, 0.5) is 5.69 Å². The van der Waals surface area contributed by atoms with Crippen molar-refractivity contribution in [3.8, 4) is 0 Å². The molecule has 1 aromatic rings. The van der Waals surface area contributed by atoms with Crippen LogP contribution in [0.1, 0.15) is 10.4 Å². The van der Waals surface area contributed by atoms with Gasteiger partial charge in [0.15, 0.2) is 5.11 Å². The third kappa shape index (κ3) is 4.93. The zero-order valence-electron chi connectivity index (χ0n) is 10.6. The Morgan fingerprint density at radius 3 is 2.47 bits per heavy atom. The second kappa shape index (κ2) is 8.05. The summed E-state index contributed by atoms with van der Waals surface area (Å²) in [5.74, 6) is -0.172. The molecule has 0 aromatic heterocycles. The maximum atomic E-state index is 11.9. The number of amides is 1. The molecule has 0 aliphatic carbocycles. The number of carbonyl (C=O) groups excluding carboxylic acids is 1. The van der Waals surface area contributed by atoms with Gasteiger partial charge < -0.3 is 16.0 Å². The van der Waals surface area contributed by atoms with Crippen LogP contribution in [0.2, 0.25) is 0 Å². The molecule has 0 radical (unpaired) electrons. The molecule has 19 heavy (non-hydrogen) atoms. The summed E-state index contributed by atoms with van der Waals surface area (Å²) in [6.07, 6.45) is 3.33. The Morgan fingerprint density at radius 1 is 1.16 bits per heavy atom. The zero-order chi connectivity index (χ0) is 14.1. The standard InChI is InChI=1S/C14H17N3OS/c1-3-9-15-13(18)11-7-5-6-8-12(11)17-14(19)16-10-4-2/h3-8H,1-2,9-10H2,(H,15,18)(H2,16,17,19). The summed E-state index contributed by atoms with van der Waals surface area (Å²) in [5.41, 5.74) is 1.19. The molecule has 1 aromatic carbocycles. The third-order valence-corrected chi connectivity index (χ3v) is 2.48. The lowest BCUT2D eigenvalue weighted by atomic mass is 10.1. The lowest BCUT2D eigenvalue weighted by Crippen LogP contribution is -2.30. The fourth-order valence-corrected chi connectivity index (χ4v) is 1.57. The van der Waals surface area contributed by atoms with Crippen molar-refractivity contribution in [2.24, 2.45) is 0 Å². The van der Waals surface area contributed by atoms with Gasteiger partial charge in [-0.2, -0.15) is 0 Å². The first-order chi connectivity index (χ1) is 9.19. The van der Waals surface area contributed by atoms with Gasteiger partial charge in [-0.25, -0.2) is 0 Å². The molecule has 3 N–H and O–H groups in total. The SMILES string of the molecule is C=CCNC(=O)c1ccccc1NC(=S)NCC=C. The molecule has 0 fully saturated rings. The lowest BCUT2D eigenvalue weighted by Gasteiger charge is -2.12. The second-order valence-corrected chi connectivity index (χ2v) is 4.08. The molecule has 0 bridgehead atoms. The fraction of sp³-hybridized carbons (Fsp3) is 0.143. The van der Waals surface area contributed by atoms with Gasteiger partial charge in [0, 0.05) is 13.1 Å². The molecule has 0 atom stereocenters. The molecular weight excluding hydrogens is 258 g/mol. The predicted molar refractivity (Wildman–Crippen MR) is 83.4 cm³/mol. The molecule has 0 unspecified atom stereocenters. The molecule has 0 aliphatic rings. The van der Waals surface area contributed by atoms with E-state index < -0.39 is 0 Å². The van der Waals surface area contributed by atoms with E-state index >= 15 is 0 Å². The van der Waals surface area contributed by atoms with Crippen LogP contribution in [0.25, 0.3) is 0 Å². The smallest absolute Gasteiger partial charge is 0.253 e. The van der Waals surface area contributed by atoms with Gasteiger partial charge in [0.2, 0.25) is 0 Å². The predicted octanol–water partition coefficient (Wildman–Crippen LogP) is 2.07. The first-order valence-electron chi connectivity index (χ1n) is 5.83. The first kappa shape index (κ1) is 14.9. The van der Waals surface area contributed by atoms with Gasteiger partial charge in [-0.05, 0) is 24.4 Å². The zero-order valence-corrected chi connectivity index (χ0v) is 11.4. The lowest BCUT2D eigenvalue weighted by molar-refractivity contribution is 0.0959. The van der Waals surface area contributed by atoms with Crippen molar-refractivity contribution in [2.45, 2.75) is 0 Å². The van der Waals surface area contributed by atoms with Gasteiger partial charge >= 0.3 is 0 Å². The van der Waals surface area contributed by atoms with Crippen molar-refractivity contribution in [3.05, 3.63) is 55.1 Å². The quantitative estimate of drug-likeness (QED) is 0.549. The fourth-order valence-electron chi connectivity index (χ4n) is 1.38. The van der Waals surface area contributed by atoms with Gasteiger partial charge in [0.1, 0.15) is 0 Å². The largest absolute Gasteiger partial charge is 0.359 e. The van der Waals surface area contributed by atoms with Crippen molar-refractivity contribution < 1.29 is 4.79 Å². The highest BCUT2D eigenvalue weighted by atomic mass is 32.1. The molecule has 0 saturated carbocycles. The highest BCUT2D eigenvalue weighted by molar-refractivity contribution is 7.80. The van der Waals surface area contributed by atoms with E-state index in [4.69, 9.17) is 12.2 Å². The van der Waals surface area contributed by atoms with Crippen LogP contribution in [0.15, 0.2) is 49.6 Å². The normalized spacial score (nSPS) is 9.26. The Bertz CT molecular complexity index is 485. The van der Waals surface area contributed by atoms with Gasteiger partial charge in [0.25, 0.3) is 5.91 Å². The molecule has 4 nitrogen and oxygen atoms in total. The molecule has 1 amide bonds. The summed E-state index contributed by atoms with van der Waals surface area (Å²) >= 11 is 5.12. The van der Waals surface area contributed by atoms with Crippen LogP contribution >= 0.6 is 12.2 Å². The topological polar surface area (TPSA) is 53.2 Å². The Hall–Kier alpha value is -2.14. The molecule has 0 spiro atoms. The minimum Gasteiger partial charge on any atom is -0.359 e. The third-order valence-electron chi connectivity index (χ3n) is 2.23. The number of anilines is 1. The highest BCUT2D eigenvalue weighted by Crippen LogP contribution is 2.14. The van der Waals surface area contributed by atoms with E-state index in [1.165, 1.54) is 0 Å². The Kier molecular flexibility index (Phi) is 6.32. The highest BCUT2D eigenvalue weighted by Gasteiger charge is 2.10. The maximum Gasteiger partial charge on any atom is 0.253 e. The summed E-state index contributed by atoms with van der Waals surface area (Å²) in [6, 6.07) is 7.17. The second-order valence-electron chi connectivity index (χ2n) is 3.67. The van der Waals surface area contributed by atoms with Crippen molar-refractivity contribution in [2.75, 3.05) is 18.4 Å². The van der Waals surface area contributed by atoms with Gasteiger partial charge in [-0.15, -0.1) is 13.2 Å². The average molecular weight is 275 g/mol. The van der Waals surface area contributed by atoms with Crippen molar-refractivity contribution in [1.29, 1.82) is 0 Å². The number of hydrogen-bond acceptors (Lipinski definition) is 2. The van der Waals surface area contributed by atoms with E-state index in [1.807, 2.05) is 6.07 Å². The van der Waals surface area contributed by atoms with E-state index in [0.29, 0.717) is 29.5 Å². The Labute approximate surface area is 118 Å². The molecule has 0 heterocycles. The van der Waals surface area contributed by atoms with E-state index in [2.05, 4.69) is 29.1 Å². The molecule has 5 heteroatoms. The number of nitrogens with one attached hydrogen (secondary N) is 3. The number of para-hydroxylation sites is 1. The van der Waals surface area contributed by atoms with Crippen LogP contribution in [-0.4, -0.2) is 24.1 Å². The summed E-state index contributed by atoms with van der Waals surface area (Å²) in [6.45, 7) is 8.15. The minimum atomic E-state index is -0.172. The summed E-state index contributed by atoms with van der Waals surface area (Å²) in [7, 11) is 0. The summed E-state index contributed by atoms with van der Waals surface area (Å²) in [4.78, 5) is 11.9. The molecule has 100 valence electrons. The van der Waals surface area contributed by atoms with Gasteiger partial charge in [-0.3, -0.25) is 4.79 Å². The van der Waals surface area contributed by atoms with E-state index in [1.54, 1.807) is 30.4 Å². The van der Waals surface area contributed by atoms with E-state index in [-0.39, 0.29) is 5.91 Å². The van der Waals surface area contributed by atoms with Crippen molar-refractivity contribution in [3.63, 3.8) is 0 Å². The average Bonchev–Trinajstić information content (AvgIpc) is 2.43. The first-order valence-corrected chi connectivity index (χ1v) is 6.23. The number of hydrogen-bond donors (Lipinski definition) is 3. The van der Waals surface area contributed by atoms with Crippen LogP contribution in [-0.2, 0) is 0 Å². The number of benzene rings is 1. The van der Waals surface area contributed by atoms with Crippen LogP contribution < -0.4 is 16.0 Å². The number of carbonyl (C=O) groups is 1. The van der Waals surface area contributed by atoms with Crippen molar-refractivity contribution in [1.82, 2.24) is 10.6 Å². The van der Waals surface area contributed by atoms with Gasteiger partial charge in [-0.1, -0.05) is 24.3 Å². The molecular formula is C14H17N3OS. The van der Waals surface area contributed by atoms with Crippen LogP contribution in [0.3, 0.4) is 0 Å². The molecule has 1 rings (SSSR count). The monoisotopic (exact) mass is 275 g/mol. The molecule has 0 aliphatic heterocycles. The Morgan fingerprint density at radius 2 is 1.79 bits per heavy atom. The summed E-state index contributed by atoms with van der Waals surface area (Å²) in [5, 5.41) is 9.11. The summed E-state index contributed by atoms with van der Waals surface area (Å²) < 4.78 is 0. The van der Waals surface area contributed by atoms with Crippen LogP contribution in [0, 0.1) is 0 Å². The molecule has 0 saturated heterocycles. The number of rotatable bonds is 6. The van der Waals surface area contributed by atoms with Gasteiger partial charge in [0.05, 0.1) is 11.3 Å². The minimum absolute atomic E-state index is 0.172. The Balaban J connectivity index is 2.77. The van der Waals surface area contributed by atoms with E-state index in [9.17, 15) is 4.79 Å². The van der Waals surface area contributed by atoms with E-state index in [0.717, 1.165) is 0 Å². The maximum absolute atomic E-state index is 11.9. The van der Waals surface area contributed by atoms with Crippen molar-refractivity contribution >= 4 is 28.9 Å². The number of thiocarbonyl (C=S) groups is 1.